The Morgan fingerprint density at radius 3 is 2.69 bits per heavy atom. The van der Waals surface area contributed by atoms with Crippen LogP contribution in [-0.2, 0) is 0 Å². The fraction of sp³-hybridized carbons (Fsp3) is 0.0588. The van der Waals surface area contributed by atoms with Gasteiger partial charge in [-0.1, -0.05) is 11.2 Å². The minimum Gasteiger partial charge on any atom is -0.478 e. The van der Waals surface area contributed by atoms with Crippen molar-refractivity contribution in [1.82, 2.24) is 19.6 Å². The van der Waals surface area contributed by atoms with E-state index in [9.17, 15) is 18.7 Å². The van der Waals surface area contributed by atoms with Crippen molar-refractivity contribution in [1.29, 1.82) is 0 Å². The number of fused-ring (bicyclic) bond motifs is 3. The third-order valence-corrected chi connectivity index (χ3v) is 4.05. The maximum absolute atomic E-state index is 14.1. The van der Waals surface area contributed by atoms with Crippen molar-refractivity contribution in [3.63, 3.8) is 0 Å². The third kappa shape index (κ3) is 2.41. The predicted octanol–water partition coefficient (Wildman–Crippen LogP) is 3.02. The summed E-state index contributed by atoms with van der Waals surface area (Å²) < 4.78 is 28.7. The molecule has 0 saturated carbocycles. The molecule has 0 amide bonds. The molecule has 0 unspecified atom stereocenters. The zero-order valence-corrected chi connectivity index (χ0v) is 13.4. The molecule has 2 heterocycles. The quantitative estimate of drug-likeness (QED) is 0.608. The minimum atomic E-state index is -1.15. The molecular weight excluding hydrogens is 344 g/mol. The second kappa shape index (κ2) is 5.73. The van der Waals surface area contributed by atoms with E-state index in [-0.39, 0.29) is 16.9 Å². The number of carbonyl (C=O) groups is 1. The maximum atomic E-state index is 14.1. The zero-order chi connectivity index (χ0) is 18.4. The van der Waals surface area contributed by atoms with E-state index < -0.39 is 17.9 Å². The standard InChI is InChI=1S/C17H11F2N5O2/c1-23(11-4-2-3-10(18)8-11)14-12-6-5-9(15(25)26)7-13(12)24-16(19)21-22-17(24)20-14/h2-8H,1H3,(H,25,26). The molecule has 0 saturated heterocycles. The largest absolute Gasteiger partial charge is 0.478 e. The lowest BCUT2D eigenvalue weighted by Crippen LogP contribution is -2.13. The average Bonchev–Trinajstić information content (AvgIpc) is 3.01. The molecular formula is C17H11F2N5O2. The summed E-state index contributed by atoms with van der Waals surface area (Å²) in [6, 6.07) is 10.1. The molecule has 0 bridgehead atoms. The lowest BCUT2D eigenvalue weighted by atomic mass is 10.1. The first-order valence-electron chi connectivity index (χ1n) is 7.52. The summed E-state index contributed by atoms with van der Waals surface area (Å²) in [5, 5.41) is 16.7. The molecule has 0 aliphatic heterocycles. The number of aromatic carboxylic acids is 1. The van der Waals surface area contributed by atoms with E-state index in [0.717, 1.165) is 4.40 Å². The van der Waals surface area contributed by atoms with Crippen molar-refractivity contribution in [2.45, 2.75) is 0 Å². The molecule has 0 spiro atoms. The summed E-state index contributed by atoms with van der Waals surface area (Å²) in [4.78, 5) is 17.2. The highest BCUT2D eigenvalue weighted by Gasteiger charge is 2.19. The van der Waals surface area contributed by atoms with Crippen molar-refractivity contribution in [3.05, 3.63) is 59.9 Å². The number of hydrogen-bond acceptors (Lipinski definition) is 5. The molecule has 1 N–H and O–H groups in total. The van der Waals surface area contributed by atoms with E-state index in [1.807, 2.05) is 0 Å². The van der Waals surface area contributed by atoms with Crippen LogP contribution >= 0.6 is 0 Å². The molecule has 0 aliphatic carbocycles. The van der Waals surface area contributed by atoms with Gasteiger partial charge < -0.3 is 10.0 Å². The van der Waals surface area contributed by atoms with Crippen LogP contribution in [0.15, 0.2) is 42.5 Å². The van der Waals surface area contributed by atoms with Gasteiger partial charge in [-0.05, 0) is 36.4 Å². The van der Waals surface area contributed by atoms with Crippen LogP contribution in [0.1, 0.15) is 10.4 Å². The van der Waals surface area contributed by atoms with Gasteiger partial charge in [0.05, 0.1) is 11.1 Å². The monoisotopic (exact) mass is 355 g/mol. The molecule has 9 heteroatoms. The number of rotatable bonds is 3. The van der Waals surface area contributed by atoms with Crippen LogP contribution in [0.5, 0.6) is 0 Å². The van der Waals surface area contributed by atoms with Crippen molar-refractivity contribution >= 4 is 34.2 Å². The Bertz CT molecular complexity index is 1170. The fourth-order valence-corrected chi connectivity index (χ4v) is 2.79. The number of carboxylic acids is 1. The van der Waals surface area contributed by atoms with Gasteiger partial charge in [0.1, 0.15) is 11.6 Å². The highest BCUT2D eigenvalue weighted by Crippen LogP contribution is 2.31. The smallest absolute Gasteiger partial charge is 0.335 e. The Hall–Kier alpha value is -3.62. The zero-order valence-electron chi connectivity index (χ0n) is 13.4. The van der Waals surface area contributed by atoms with Crippen LogP contribution in [0.4, 0.5) is 20.3 Å². The highest BCUT2D eigenvalue weighted by molar-refractivity contribution is 5.98. The molecule has 0 fully saturated rings. The first kappa shape index (κ1) is 15.9. The van der Waals surface area contributed by atoms with Crippen molar-refractivity contribution in [2.24, 2.45) is 0 Å². The summed E-state index contributed by atoms with van der Waals surface area (Å²) >= 11 is 0. The molecule has 0 aliphatic rings. The summed E-state index contributed by atoms with van der Waals surface area (Å²) in [5.41, 5.74) is 0.749. The van der Waals surface area contributed by atoms with Crippen molar-refractivity contribution in [3.8, 4) is 0 Å². The molecule has 2 aromatic heterocycles. The molecule has 0 atom stereocenters. The van der Waals surface area contributed by atoms with E-state index in [0.29, 0.717) is 16.9 Å². The fourth-order valence-electron chi connectivity index (χ4n) is 2.79. The van der Waals surface area contributed by atoms with Gasteiger partial charge in [-0.2, -0.15) is 9.37 Å². The van der Waals surface area contributed by atoms with Gasteiger partial charge in [0.25, 0.3) is 5.78 Å². The lowest BCUT2D eigenvalue weighted by Gasteiger charge is -2.20. The van der Waals surface area contributed by atoms with Crippen LogP contribution in [-0.4, -0.2) is 37.7 Å². The van der Waals surface area contributed by atoms with Gasteiger partial charge in [0.15, 0.2) is 0 Å². The van der Waals surface area contributed by atoms with Crippen LogP contribution in [0, 0.1) is 11.9 Å². The molecule has 7 nitrogen and oxygen atoms in total. The van der Waals surface area contributed by atoms with Crippen molar-refractivity contribution < 1.29 is 18.7 Å². The second-order valence-electron chi connectivity index (χ2n) is 5.62. The lowest BCUT2D eigenvalue weighted by molar-refractivity contribution is 0.0697. The van der Waals surface area contributed by atoms with E-state index in [1.165, 1.54) is 30.3 Å². The SMILES string of the molecule is CN(c1cccc(F)c1)c1nc2nnc(F)n2c2cc(C(=O)O)ccc12. The average molecular weight is 355 g/mol. The maximum Gasteiger partial charge on any atom is 0.335 e. The number of halogens is 2. The predicted molar refractivity (Wildman–Crippen MR) is 89.7 cm³/mol. The Morgan fingerprint density at radius 2 is 1.96 bits per heavy atom. The number of aromatic nitrogens is 4. The van der Waals surface area contributed by atoms with Crippen LogP contribution in [0.25, 0.3) is 16.7 Å². The number of carboxylic acid groups (broad SMARTS) is 1. The molecule has 4 rings (SSSR count). The Labute approximate surface area is 145 Å². The Balaban J connectivity index is 2.04. The van der Waals surface area contributed by atoms with Gasteiger partial charge >= 0.3 is 12.0 Å². The van der Waals surface area contributed by atoms with Gasteiger partial charge in [-0.15, -0.1) is 5.10 Å². The van der Waals surface area contributed by atoms with Crippen molar-refractivity contribution in [2.75, 3.05) is 11.9 Å². The molecule has 26 heavy (non-hydrogen) atoms. The van der Waals surface area contributed by atoms with Crippen LogP contribution < -0.4 is 4.90 Å². The molecule has 0 radical (unpaired) electrons. The minimum absolute atomic E-state index is 0.0162. The normalized spacial score (nSPS) is 11.2. The third-order valence-electron chi connectivity index (χ3n) is 4.05. The Morgan fingerprint density at radius 1 is 1.15 bits per heavy atom. The summed E-state index contributed by atoms with van der Waals surface area (Å²) in [7, 11) is 1.67. The topological polar surface area (TPSA) is 83.6 Å². The molecule has 4 aromatic rings. The van der Waals surface area contributed by atoms with Crippen LogP contribution in [0.2, 0.25) is 0 Å². The summed E-state index contributed by atoms with van der Waals surface area (Å²) in [6.07, 6.45) is -0.903. The van der Waals surface area contributed by atoms with Gasteiger partial charge in [0, 0.05) is 18.1 Å². The number of benzene rings is 2. The van der Waals surface area contributed by atoms with E-state index in [4.69, 9.17) is 0 Å². The van der Waals surface area contributed by atoms with E-state index in [2.05, 4.69) is 15.2 Å². The van der Waals surface area contributed by atoms with Crippen LogP contribution in [0.3, 0.4) is 0 Å². The second-order valence-corrected chi connectivity index (χ2v) is 5.62. The summed E-state index contributed by atoms with van der Waals surface area (Å²) in [6.45, 7) is 0. The number of hydrogen-bond donors (Lipinski definition) is 1. The Kier molecular flexibility index (Phi) is 3.50. The molecule has 2 aromatic carbocycles. The van der Waals surface area contributed by atoms with Gasteiger partial charge in [0.2, 0.25) is 0 Å². The van der Waals surface area contributed by atoms with Gasteiger partial charge in [-0.25, -0.2) is 13.6 Å². The summed E-state index contributed by atoms with van der Waals surface area (Å²) in [5.74, 6) is -1.23. The highest BCUT2D eigenvalue weighted by atomic mass is 19.1. The first-order chi connectivity index (χ1) is 12.5. The number of nitrogens with zero attached hydrogens (tertiary/aromatic N) is 5. The van der Waals surface area contributed by atoms with Gasteiger partial charge in [-0.3, -0.25) is 0 Å². The van der Waals surface area contributed by atoms with E-state index >= 15 is 0 Å². The van der Waals surface area contributed by atoms with E-state index in [1.54, 1.807) is 24.1 Å². The first-order valence-corrected chi connectivity index (χ1v) is 7.52. The molecule has 130 valence electrons. The number of anilines is 2.